The molecule has 0 nitrogen and oxygen atoms in total. The van der Waals surface area contributed by atoms with Gasteiger partial charge in [-0.2, -0.15) is 0 Å². The van der Waals surface area contributed by atoms with Crippen LogP contribution >= 0.6 is 0 Å². The number of rotatable bonds is 0. The van der Waals surface area contributed by atoms with E-state index >= 15 is 0 Å². The molecule has 0 aromatic rings. The molecule has 0 amide bonds. The van der Waals surface area contributed by atoms with Crippen LogP contribution in [0, 0.1) is 88.8 Å². The molecule has 0 atom stereocenters. The summed E-state index contributed by atoms with van der Waals surface area (Å²) in [5.74, 6) is 22.0. The van der Waals surface area contributed by atoms with Crippen molar-refractivity contribution < 1.29 is 0 Å². The quantitative estimate of drug-likeness (QED) is 0.308. The summed E-state index contributed by atoms with van der Waals surface area (Å²) in [6.07, 6.45) is 0. The van der Waals surface area contributed by atoms with Crippen molar-refractivity contribution in [2.45, 2.75) is 104 Å². The molecule has 31 heavy (non-hydrogen) atoms. The fraction of sp³-hybridized carbons (Fsp3) is 0.500. The molecular formula is C30H45Ga+3. The summed E-state index contributed by atoms with van der Waals surface area (Å²) in [6.45, 7) is 33.0. The zero-order valence-electron chi connectivity index (χ0n) is 23.1. The third-order valence-electron chi connectivity index (χ3n) is 8.44. The van der Waals surface area contributed by atoms with Crippen LogP contribution < -0.4 is 0 Å². The first-order valence-electron chi connectivity index (χ1n) is 11.2. The molecule has 3 rings (SSSR count). The van der Waals surface area contributed by atoms with Gasteiger partial charge in [-0.25, -0.2) is 0 Å². The Bertz CT molecular complexity index is 295. The summed E-state index contributed by atoms with van der Waals surface area (Å²) in [5.41, 5.74) is 0. The first kappa shape index (κ1) is 31.6. The first-order valence-corrected chi connectivity index (χ1v) is 11.2. The predicted molar refractivity (Wildman–Crippen MR) is 140 cm³/mol. The van der Waals surface area contributed by atoms with Crippen molar-refractivity contribution in [3.05, 3.63) is 88.8 Å². The first-order chi connectivity index (χ1) is 13.7. The Hall–Kier alpha value is 0.636. The van der Waals surface area contributed by atoms with Gasteiger partial charge in [-0.1, -0.05) is 104 Å². The molecule has 0 aromatic carbocycles. The van der Waals surface area contributed by atoms with Crippen LogP contribution in [0.2, 0.25) is 0 Å². The minimum atomic E-state index is 0. The molecule has 0 aromatic heterocycles. The van der Waals surface area contributed by atoms with Crippen molar-refractivity contribution in [2.24, 2.45) is 0 Å². The van der Waals surface area contributed by atoms with E-state index in [1.807, 2.05) is 0 Å². The molecule has 0 heterocycles. The maximum absolute atomic E-state index is 2.20. The van der Waals surface area contributed by atoms with Crippen LogP contribution in [0.5, 0.6) is 0 Å². The van der Waals surface area contributed by atoms with Crippen LogP contribution in [0.25, 0.3) is 0 Å². The smallest absolute Gasteiger partial charge is 0.0579 e. The summed E-state index contributed by atoms with van der Waals surface area (Å²) >= 11 is 0. The molecule has 0 aliphatic heterocycles. The van der Waals surface area contributed by atoms with Gasteiger partial charge in [0, 0.05) is 0 Å². The maximum Gasteiger partial charge on any atom is 3.00 e. The van der Waals surface area contributed by atoms with Gasteiger partial charge in [-0.3, -0.25) is 0 Å². The average molecular weight is 475 g/mol. The zero-order chi connectivity index (χ0) is 23.7. The SMILES string of the molecule is C[C]1[C](C)[C](C)[C](C)[C]1C.C[C]1[C](C)[C](C)[C](C)[C]1C.C[C]1[C](C)[C](C)[C](C)[C]1C.[Ga+3]. The van der Waals surface area contributed by atoms with Crippen molar-refractivity contribution in [1.82, 2.24) is 0 Å². The average Bonchev–Trinajstić information content (AvgIpc) is 3.09. The molecule has 165 valence electrons. The molecule has 15 radical (unpaired) electrons. The molecule has 0 N–H and O–H groups in total. The minimum absolute atomic E-state index is 0. The largest absolute Gasteiger partial charge is 3.00 e. The van der Waals surface area contributed by atoms with E-state index in [4.69, 9.17) is 0 Å². The fourth-order valence-corrected chi connectivity index (χ4v) is 4.22. The monoisotopic (exact) mass is 474 g/mol. The zero-order valence-corrected chi connectivity index (χ0v) is 25.5. The second kappa shape index (κ2) is 12.9. The third-order valence-corrected chi connectivity index (χ3v) is 8.44. The van der Waals surface area contributed by atoms with Crippen molar-refractivity contribution in [3.63, 3.8) is 0 Å². The van der Waals surface area contributed by atoms with E-state index in [2.05, 4.69) is 104 Å². The van der Waals surface area contributed by atoms with E-state index in [1.54, 1.807) is 0 Å². The van der Waals surface area contributed by atoms with Gasteiger partial charge in [0.1, 0.15) is 0 Å². The molecule has 3 saturated carbocycles. The van der Waals surface area contributed by atoms with Gasteiger partial charge in [0.05, 0.1) is 0 Å². The van der Waals surface area contributed by atoms with Crippen molar-refractivity contribution in [2.75, 3.05) is 0 Å². The van der Waals surface area contributed by atoms with Gasteiger partial charge in [0.2, 0.25) is 0 Å². The summed E-state index contributed by atoms with van der Waals surface area (Å²) in [4.78, 5) is 0. The summed E-state index contributed by atoms with van der Waals surface area (Å²) in [7, 11) is 0. The van der Waals surface area contributed by atoms with Gasteiger partial charge in [0.15, 0.2) is 0 Å². The fourth-order valence-electron chi connectivity index (χ4n) is 4.22. The van der Waals surface area contributed by atoms with Crippen molar-refractivity contribution >= 4 is 19.8 Å². The van der Waals surface area contributed by atoms with Crippen LogP contribution in [-0.4, -0.2) is 19.8 Å². The Morgan fingerprint density at radius 3 is 0.226 bits per heavy atom. The minimum Gasteiger partial charge on any atom is -0.0579 e. The van der Waals surface area contributed by atoms with Gasteiger partial charge in [0.25, 0.3) is 0 Å². The van der Waals surface area contributed by atoms with Gasteiger partial charge >= 0.3 is 19.8 Å². The number of hydrogen-bond acceptors (Lipinski definition) is 0. The summed E-state index contributed by atoms with van der Waals surface area (Å²) in [6, 6.07) is 0. The second-order valence-corrected chi connectivity index (χ2v) is 9.38. The summed E-state index contributed by atoms with van der Waals surface area (Å²) < 4.78 is 0. The Morgan fingerprint density at radius 2 is 0.194 bits per heavy atom. The second-order valence-electron chi connectivity index (χ2n) is 9.38. The Labute approximate surface area is 211 Å². The molecular weight excluding hydrogens is 430 g/mol. The molecule has 0 spiro atoms. The molecule has 1 heteroatoms. The Morgan fingerprint density at radius 1 is 0.161 bits per heavy atom. The van der Waals surface area contributed by atoms with Gasteiger partial charge in [-0.15, -0.1) is 0 Å². The van der Waals surface area contributed by atoms with Gasteiger partial charge < -0.3 is 0 Å². The van der Waals surface area contributed by atoms with E-state index in [0.717, 1.165) is 0 Å². The van der Waals surface area contributed by atoms with Crippen LogP contribution in [0.1, 0.15) is 104 Å². The molecule has 3 fully saturated rings. The standard InChI is InChI=1S/3C10H15.Ga/c3*1-6-7(2)9(4)10(5)8(6)3;/h3*1-5H3;/q;;;+3. The summed E-state index contributed by atoms with van der Waals surface area (Å²) in [5, 5.41) is 0. The van der Waals surface area contributed by atoms with Crippen LogP contribution in [0.3, 0.4) is 0 Å². The van der Waals surface area contributed by atoms with Crippen LogP contribution in [0.4, 0.5) is 0 Å². The van der Waals surface area contributed by atoms with E-state index < -0.39 is 0 Å². The van der Waals surface area contributed by atoms with Crippen molar-refractivity contribution in [3.8, 4) is 0 Å². The van der Waals surface area contributed by atoms with E-state index in [9.17, 15) is 0 Å². The van der Waals surface area contributed by atoms with E-state index in [1.165, 1.54) is 88.8 Å². The van der Waals surface area contributed by atoms with Crippen LogP contribution in [-0.2, 0) is 0 Å². The Kier molecular flexibility index (Phi) is 13.2. The molecule has 0 unspecified atom stereocenters. The van der Waals surface area contributed by atoms with Gasteiger partial charge in [-0.05, 0) is 88.8 Å². The van der Waals surface area contributed by atoms with E-state index in [-0.39, 0.29) is 19.8 Å². The molecule has 3 aliphatic rings. The predicted octanol–water partition coefficient (Wildman–Crippen LogP) is 8.54. The van der Waals surface area contributed by atoms with Crippen LogP contribution in [0.15, 0.2) is 0 Å². The third kappa shape index (κ3) is 6.83. The normalized spacial score (nSPS) is 27.6. The topological polar surface area (TPSA) is 0 Å². The molecule has 0 saturated heterocycles. The molecule has 3 aliphatic carbocycles. The maximum atomic E-state index is 2.20. The Balaban J connectivity index is 0.000000429. The van der Waals surface area contributed by atoms with E-state index in [0.29, 0.717) is 0 Å². The van der Waals surface area contributed by atoms with Crippen molar-refractivity contribution in [1.29, 1.82) is 0 Å². The number of hydrogen-bond donors (Lipinski definition) is 0. The molecule has 0 bridgehead atoms.